The van der Waals surface area contributed by atoms with Crippen LogP contribution < -0.4 is 5.56 Å². The number of ether oxygens (including phenoxy) is 1. The molecular formula is C16H20N2O3. The van der Waals surface area contributed by atoms with Gasteiger partial charge in [0.2, 0.25) is 0 Å². The van der Waals surface area contributed by atoms with Gasteiger partial charge in [-0.15, -0.1) is 0 Å². The Morgan fingerprint density at radius 1 is 1.29 bits per heavy atom. The van der Waals surface area contributed by atoms with Gasteiger partial charge in [0.1, 0.15) is 0 Å². The summed E-state index contributed by atoms with van der Waals surface area (Å²) in [5, 5.41) is 3.04. The molecule has 2 aromatic rings. The Hall–Kier alpha value is -2.30. The van der Waals surface area contributed by atoms with Crippen LogP contribution in [0, 0.1) is 20.8 Å². The zero-order chi connectivity index (χ0) is 15.6. The largest absolute Gasteiger partial charge is 0.466 e. The van der Waals surface area contributed by atoms with Crippen LogP contribution in [-0.4, -0.2) is 22.4 Å². The molecule has 0 aliphatic rings. The number of carbonyl (C=O) groups excluding carboxylic acids is 1. The van der Waals surface area contributed by atoms with E-state index in [4.69, 9.17) is 4.74 Å². The molecule has 0 saturated carbocycles. The van der Waals surface area contributed by atoms with Crippen molar-refractivity contribution in [2.45, 2.75) is 34.1 Å². The van der Waals surface area contributed by atoms with Gasteiger partial charge in [0.25, 0.3) is 5.56 Å². The number of benzene rings is 1. The third kappa shape index (κ3) is 3.07. The minimum atomic E-state index is -0.384. The molecule has 0 aliphatic carbocycles. The summed E-state index contributed by atoms with van der Waals surface area (Å²) in [4.78, 5) is 24.1. The van der Waals surface area contributed by atoms with Gasteiger partial charge in [-0.2, -0.15) is 0 Å². The fraction of sp³-hybridized carbons (Fsp3) is 0.375. The van der Waals surface area contributed by atoms with Gasteiger partial charge in [-0.25, -0.2) is 4.68 Å². The monoisotopic (exact) mass is 288 g/mol. The quantitative estimate of drug-likeness (QED) is 0.877. The number of nitrogens with zero attached hydrogens (tertiary/aromatic N) is 1. The third-order valence-corrected chi connectivity index (χ3v) is 3.43. The lowest BCUT2D eigenvalue weighted by atomic mass is 10.1. The van der Waals surface area contributed by atoms with Crippen LogP contribution in [0.15, 0.2) is 23.0 Å². The molecule has 0 amide bonds. The molecule has 0 atom stereocenters. The highest BCUT2D eigenvalue weighted by Crippen LogP contribution is 2.15. The maximum Gasteiger partial charge on any atom is 0.310 e. The fourth-order valence-electron chi connectivity index (χ4n) is 2.28. The Bertz CT molecular complexity index is 726. The average molecular weight is 288 g/mol. The van der Waals surface area contributed by atoms with Crippen molar-refractivity contribution in [1.29, 1.82) is 0 Å². The molecule has 1 heterocycles. The van der Waals surface area contributed by atoms with Crippen molar-refractivity contribution in [2.75, 3.05) is 6.61 Å². The van der Waals surface area contributed by atoms with Crippen LogP contribution in [0.5, 0.6) is 0 Å². The molecule has 0 fully saturated rings. The second-order valence-electron chi connectivity index (χ2n) is 5.13. The maximum absolute atomic E-state index is 12.5. The first-order valence-corrected chi connectivity index (χ1v) is 6.97. The number of carbonyl (C=O) groups is 1. The summed E-state index contributed by atoms with van der Waals surface area (Å²) in [5.74, 6) is -0.384. The average Bonchev–Trinajstić information content (AvgIpc) is 2.70. The SMILES string of the molecule is CCOC(=O)Cc1c(C)[nH]n(-c2cc(C)ccc2C)c1=O. The Balaban J connectivity index is 2.46. The Kier molecular flexibility index (Phi) is 4.31. The van der Waals surface area contributed by atoms with Gasteiger partial charge < -0.3 is 4.74 Å². The number of hydrogen-bond donors (Lipinski definition) is 1. The number of aromatic amines is 1. The third-order valence-electron chi connectivity index (χ3n) is 3.43. The summed E-state index contributed by atoms with van der Waals surface area (Å²) in [7, 11) is 0. The lowest BCUT2D eigenvalue weighted by molar-refractivity contribution is -0.142. The zero-order valence-electron chi connectivity index (χ0n) is 12.8. The van der Waals surface area contributed by atoms with E-state index in [1.165, 1.54) is 4.68 Å². The highest BCUT2D eigenvalue weighted by atomic mass is 16.5. The van der Waals surface area contributed by atoms with E-state index < -0.39 is 0 Å². The number of hydrogen-bond acceptors (Lipinski definition) is 3. The van der Waals surface area contributed by atoms with Crippen LogP contribution in [0.4, 0.5) is 0 Å². The van der Waals surface area contributed by atoms with Gasteiger partial charge in [0.05, 0.1) is 24.3 Å². The molecule has 1 aromatic carbocycles. The minimum Gasteiger partial charge on any atom is -0.466 e. The van der Waals surface area contributed by atoms with Crippen molar-refractivity contribution in [3.8, 4) is 5.69 Å². The van der Waals surface area contributed by atoms with E-state index in [2.05, 4.69) is 5.10 Å². The molecule has 0 radical (unpaired) electrons. The molecule has 0 aliphatic heterocycles. The van der Waals surface area contributed by atoms with E-state index in [0.717, 1.165) is 16.8 Å². The topological polar surface area (TPSA) is 64.1 Å². The second-order valence-corrected chi connectivity index (χ2v) is 5.13. The van der Waals surface area contributed by atoms with Gasteiger partial charge in [-0.05, 0) is 44.9 Å². The molecule has 5 heteroatoms. The van der Waals surface area contributed by atoms with Crippen LogP contribution in [0.25, 0.3) is 5.69 Å². The molecule has 112 valence electrons. The first-order chi connectivity index (χ1) is 9.93. The Morgan fingerprint density at radius 2 is 2.00 bits per heavy atom. The van der Waals surface area contributed by atoms with E-state index in [1.54, 1.807) is 13.8 Å². The molecule has 1 aromatic heterocycles. The van der Waals surface area contributed by atoms with Crippen LogP contribution in [0.3, 0.4) is 0 Å². The van der Waals surface area contributed by atoms with Gasteiger partial charge in [-0.1, -0.05) is 12.1 Å². The van der Waals surface area contributed by atoms with Crippen molar-refractivity contribution in [3.05, 3.63) is 50.9 Å². The van der Waals surface area contributed by atoms with E-state index in [-0.39, 0.29) is 17.9 Å². The van der Waals surface area contributed by atoms with Crippen molar-refractivity contribution in [2.24, 2.45) is 0 Å². The van der Waals surface area contributed by atoms with E-state index in [1.807, 2.05) is 32.0 Å². The molecular weight excluding hydrogens is 268 g/mol. The lowest BCUT2D eigenvalue weighted by Gasteiger charge is -2.07. The number of aryl methyl sites for hydroxylation is 3. The fourth-order valence-corrected chi connectivity index (χ4v) is 2.28. The predicted octanol–water partition coefficient (Wildman–Crippen LogP) is 2.20. The van der Waals surface area contributed by atoms with Crippen LogP contribution in [0.1, 0.15) is 29.3 Å². The Morgan fingerprint density at radius 3 is 2.67 bits per heavy atom. The number of esters is 1. The standard InChI is InChI=1S/C16H20N2O3/c1-5-21-15(19)9-13-12(4)17-18(16(13)20)14-8-10(2)6-7-11(14)3/h6-8,17H,5,9H2,1-4H3. The van der Waals surface area contributed by atoms with E-state index in [0.29, 0.717) is 17.9 Å². The summed E-state index contributed by atoms with van der Waals surface area (Å²) in [6.45, 7) is 7.77. The van der Waals surface area contributed by atoms with E-state index in [9.17, 15) is 9.59 Å². The maximum atomic E-state index is 12.5. The summed E-state index contributed by atoms with van der Waals surface area (Å²) < 4.78 is 6.40. The summed E-state index contributed by atoms with van der Waals surface area (Å²) in [6, 6.07) is 5.91. The minimum absolute atomic E-state index is 0.00707. The highest BCUT2D eigenvalue weighted by Gasteiger charge is 2.17. The first-order valence-electron chi connectivity index (χ1n) is 6.97. The normalized spacial score (nSPS) is 10.7. The van der Waals surface area contributed by atoms with Crippen LogP contribution >= 0.6 is 0 Å². The number of aromatic nitrogens is 2. The molecule has 0 unspecified atom stereocenters. The molecule has 21 heavy (non-hydrogen) atoms. The smallest absolute Gasteiger partial charge is 0.310 e. The van der Waals surface area contributed by atoms with Gasteiger partial charge in [-0.3, -0.25) is 14.7 Å². The van der Waals surface area contributed by atoms with Gasteiger partial charge >= 0.3 is 5.97 Å². The number of H-pyrrole nitrogens is 1. The summed E-state index contributed by atoms with van der Waals surface area (Å²) >= 11 is 0. The summed E-state index contributed by atoms with van der Waals surface area (Å²) in [5.41, 5.74) is 3.81. The van der Waals surface area contributed by atoms with Gasteiger partial charge in [0, 0.05) is 5.69 Å². The highest BCUT2D eigenvalue weighted by molar-refractivity contribution is 5.72. The first kappa shape index (κ1) is 15.1. The van der Waals surface area contributed by atoms with Crippen molar-refractivity contribution in [1.82, 2.24) is 9.78 Å². The van der Waals surface area contributed by atoms with E-state index >= 15 is 0 Å². The molecule has 2 rings (SSSR count). The van der Waals surface area contributed by atoms with Gasteiger partial charge in [0.15, 0.2) is 0 Å². The Labute approximate surface area is 123 Å². The molecule has 1 N–H and O–H groups in total. The lowest BCUT2D eigenvalue weighted by Crippen LogP contribution is -2.21. The zero-order valence-corrected chi connectivity index (χ0v) is 12.8. The predicted molar refractivity (Wildman–Crippen MR) is 80.9 cm³/mol. The molecule has 5 nitrogen and oxygen atoms in total. The summed E-state index contributed by atoms with van der Waals surface area (Å²) in [6.07, 6.45) is -0.00707. The van der Waals surface area contributed by atoms with Crippen molar-refractivity contribution < 1.29 is 9.53 Å². The van der Waals surface area contributed by atoms with Crippen molar-refractivity contribution >= 4 is 5.97 Å². The second kappa shape index (κ2) is 5.99. The molecule has 0 spiro atoms. The number of rotatable bonds is 4. The van der Waals surface area contributed by atoms with Crippen LogP contribution in [0.2, 0.25) is 0 Å². The molecule has 0 saturated heterocycles. The molecule has 0 bridgehead atoms. The van der Waals surface area contributed by atoms with Crippen LogP contribution in [-0.2, 0) is 16.0 Å². The van der Waals surface area contributed by atoms with Crippen molar-refractivity contribution in [3.63, 3.8) is 0 Å². The number of nitrogens with one attached hydrogen (secondary N) is 1.